The van der Waals surface area contributed by atoms with Gasteiger partial charge in [0.2, 0.25) is 0 Å². The van der Waals surface area contributed by atoms with Gasteiger partial charge in [-0.3, -0.25) is 9.18 Å². The van der Waals surface area contributed by atoms with Gasteiger partial charge in [-0.1, -0.05) is 6.07 Å². The lowest BCUT2D eigenvalue weighted by Crippen LogP contribution is -2.01. The molecule has 0 atom stereocenters. The van der Waals surface area contributed by atoms with E-state index in [1.54, 1.807) is 6.07 Å². The Morgan fingerprint density at radius 1 is 1.38 bits per heavy atom. The van der Waals surface area contributed by atoms with Crippen molar-refractivity contribution in [3.8, 4) is 0 Å². The average Bonchev–Trinajstić information content (AvgIpc) is 2.24. The Labute approximate surface area is 94.2 Å². The molecule has 0 spiro atoms. The maximum atomic E-state index is 12.0. The lowest BCUT2D eigenvalue weighted by Gasteiger charge is -2.05. The number of hydrogen-bond acceptors (Lipinski definition) is 3. The first kappa shape index (κ1) is 12.8. The Morgan fingerprint density at radius 2 is 2.06 bits per heavy atom. The predicted octanol–water partition coefficient (Wildman–Crippen LogP) is 1.80. The van der Waals surface area contributed by atoms with E-state index in [4.69, 9.17) is 0 Å². The molecule has 0 heterocycles. The SMILES string of the molecule is CS(=O)(=O)c1ccc(CCCF)c(C=O)c1. The fourth-order valence-electron chi connectivity index (χ4n) is 1.40. The number of aryl methyl sites for hydroxylation is 1. The van der Waals surface area contributed by atoms with Gasteiger partial charge in [-0.15, -0.1) is 0 Å². The predicted molar refractivity (Wildman–Crippen MR) is 59.2 cm³/mol. The highest BCUT2D eigenvalue weighted by atomic mass is 32.2. The van der Waals surface area contributed by atoms with Gasteiger partial charge in [0.15, 0.2) is 9.84 Å². The Morgan fingerprint density at radius 3 is 2.56 bits per heavy atom. The van der Waals surface area contributed by atoms with Crippen LogP contribution < -0.4 is 0 Å². The molecule has 0 aliphatic rings. The zero-order valence-corrected chi connectivity index (χ0v) is 9.76. The monoisotopic (exact) mass is 244 g/mol. The van der Waals surface area contributed by atoms with E-state index in [0.29, 0.717) is 30.3 Å². The van der Waals surface area contributed by atoms with Crippen LogP contribution in [0.5, 0.6) is 0 Å². The summed E-state index contributed by atoms with van der Waals surface area (Å²) >= 11 is 0. The van der Waals surface area contributed by atoms with Gasteiger partial charge in [-0.25, -0.2) is 8.42 Å². The standard InChI is InChI=1S/C11H13FO3S/c1-16(14,15)11-5-4-9(3-2-6-12)10(7-11)8-13/h4-5,7-8H,2-3,6H2,1H3. The van der Waals surface area contributed by atoms with Crippen LogP contribution in [0.25, 0.3) is 0 Å². The normalized spacial score (nSPS) is 11.4. The molecule has 0 N–H and O–H groups in total. The second-order valence-corrected chi connectivity index (χ2v) is 5.56. The van der Waals surface area contributed by atoms with Gasteiger partial charge in [0, 0.05) is 11.8 Å². The molecule has 0 unspecified atom stereocenters. The van der Waals surface area contributed by atoms with Crippen molar-refractivity contribution in [2.45, 2.75) is 17.7 Å². The van der Waals surface area contributed by atoms with Crippen molar-refractivity contribution in [1.82, 2.24) is 0 Å². The second-order valence-electron chi connectivity index (χ2n) is 3.54. The van der Waals surface area contributed by atoms with Gasteiger partial charge in [0.05, 0.1) is 11.6 Å². The van der Waals surface area contributed by atoms with Crippen molar-refractivity contribution in [2.24, 2.45) is 0 Å². The largest absolute Gasteiger partial charge is 0.298 e. The minimum atomic E-state index is -3.31. The molecule has 1 rings (SSSR count). The summed E-state index contributed by atoms with van der Waals surface area (Å²) in [4.78, 5) is 10.9. The third kappa shape index (κ3) is 3.13. The molecule has 5 heteroatoms. The van der Waals surface area contributed by atoms with Crippen molar-refractivity contribution in [3.63, 3.8) is 0 Å². The van der Waals surface area contributed by atoms with E-state index >= 15 is 0 Å². The summed E-state index contributed by atoms with van der Waals surface area (Å²) < 4.78 is 34.5. The van der Waals surface area contributed by atoms with Crippen LogP contribution in [0.4, 0.5) is 4.39 Å². The number of hydrogen-bond donors (Lipinski definition) is 0. The fraction of sp³-hybridized carbons (Fsp3) is 0.364. The molecule has 88 valence electrons. The number of halogens is 1. The number of carbonyl (C=O) groups is 1. The molecule has 16 heavy (non-hydrogen) atoms. The van der Waals surface area contributed by atoms with Crippen LogP contribution in [-0.4, -0.2) is 27.6 Å². The smallest absolute Gasteiger partial charge is 0.175 e. The van der Waals surface area contributed by atoms with E-state index in [2.05, 4.69) is 0 Å². The van der Waals surface area contributed by atoms with E-state index in [-0.39, 0.29) is 4.90 Å². The summed E-state index contributed by atoms with van der Waals surface area (Å²) in [7, 11) is -3.31. The van der Waals surface area contributed by atoms with E-state index < -0.39 is 16.5 Å². The second kappa shape index (κ2) is 5.21. The summed E-state index contributed by atoms with van der Waals surface area (Å²) in [6.07, 6.45) is 2.45. The van der Waals surface area contributed by atoms with Crippen molar-refractivity contribution in [1.29, 1.82) is 0 Å². The molecule has 0 aliphatic heterocycles. The van der Waals surface area contributed by atoms with Gasteiger partial charge >= 0.3 is 0 Å². The highest BCUT2D eigenvalue weighted by molar-refractivity contribution is 7.90. The number of rotatable bonds is 5. The maximum Gasteiger partial charge on any atom is 0.175 e. The molecule has 0 saturated heterocycles. The van der Waals surface area contributed by atoms with Gasteiger partial charge in [-0.05, 0) is 30.5 Å². The Kier molecular flexibility index (Phi) is 4.18. The Bertz CT molecular complexity index is 480. The number of carbonyl (C=O) groups excluding carboxylic acids is 1. The lowest BCUT2D eigenvalue weighted by molar-refractivity contribution is 0.112. The first-order chi connectivity index (χ1) is 7.49. The van der Waals surface area contributed by atoms with Gasteiger partial charge in [0.1, 0.15) is 6.29 Å². The number of benzene rings is 1. The molecule has 1 aromatic rings. The third-order valence-electron chi connectivity index (χ3n) is 2.25. The highest BCUT2D eigenvalue weighted by Gasteiger charge is 2.10. The summed E-state index contributed by atoms with van der Waals surface area (Å²) in [5.41, 5.74) is 0.997. The molecule has 0 aromatic heterocycles. The topological polar surface area (TPSA) is 51.2 Å². The minimum absolute atomic E-state index is 0.110. The molecule has 0 bridgehead atoms. The molecule has 0 amide bonds. The zero-order valence-electron chi connectivity index (χ0n) is 8.94. The molecule has 3 nitrogen and oxygen atoms in total. The molecule has 0 aliphatic carbocycles. The molecular formula is C11H13FO3S. The first-order valence-electron chi connectivity index (χ1n) is 4.83. The van der Waals surface area contributed by atoms with Crippen molar-refractivity contribution < 1.29 is 17.6 Å². The van der Waals surface area contributed by atoms with E-state index in [9.17, 15) is 17.6 Å². The Hall–Kier alpha value is -1.23. The quantitative estimate of drug-likeness (QED) is 0.742. The van der Waals surface area contributed by atoms with Crippen LogP contribution in [0, 0.1) is 0 Å². The van der Waals surface area contributed by atoms with Crippen LogP contribution >= 0.6 is 0 Å². The van der Waals surface area contributed by atoms with Gasteiger partial charge in [-0.2, -0.15) is 0 Å². The van der Waals surface area contributed by atoms with Crippen molar-refractivity contribution in [3.05, 3.63) is 29.3 Å². The molecule has 1 aromatic carbocycles. The lowest BCUT2D eigenvalue weighted by atomic mass is 10.0. The van der Waals surface area contributed by atoms with E-state index in [1.807, 2.05) is 0 Å². The zero-order chi connectivity index (χ0) is 12.2. The number of alkyl halides is 1. The average molecular weight is 244 g/mol. The maximum absolute atomic E-state index is 12.0. The van der Waals surface area contributed by atoms with E-state index in [1.165, 1.54) is 12.1 Å². The van der Waals surface area contributed by atoms with Crippen LogP contribution in [0.3, 0.4) is 0 Å². The molecular weight excluding hydrogens is 231 g/mol. The molecule has 0 fully saturated rings. The van der Waals surface area contributed by atoms with Crippen LogP contribution in [0.15, 0.2) is 23.1 Å². The van der Waals surface area contributed by atoms with Crippen LogP contribution in [0.2, 0.25) is 0 Å². The Balaban J connectivity index is 3.12. The summed E-state index contributed by atoms with van der Waals surface area (Å²) in [6, 6.07) is 4.33. The van der Waals surface area contributed by atoms with Crippen LogP contribution in [-0.2, 0) is 16.3 Å². The number of sulfone groups is 1. The van der Waals surface area contributed by atoms with Crippen molar-refractivity contribution in [2.75, 3.05) is 12.9 Å². The number of aldehydes is 1. The molecule has 0 saturated carbocycles. The van der Waals surface area contributed by atoms with Crippen molar-refractivity contribution >= 4 is 16.1 Å². The third-order valence-corrected chi connectivity index (χ3v) is 3.36. The summed E-state index contributed by atoms with van der Waals surface area (Å²) in [5.74, 6) is 0. The highest BCUT2D eigenvalue weighted by Crippen LogP contribution is 2.16. The summed E-state index contributed by atoms with van der Waals surface area (Å²) in [5, 5.41) is 0. The minimum Gasteiger partial charge on any atom is -0.298 e. The van der Waals surface area contributed by atoms with Crippen LogP contribution in [0.1, 0.15) is 22.3 Å². The van der Waals surface area contributed by atoms with E-state index in [0.717, 1.165) is 6.26 Å². The van der Waals surface area contributed by atoms with Gasteiger partial charge in [0.25, 0.3) is 0 Å². The van der Waals surface area contributed by atoms with Gasteiger partial charge < -0.3 is 0 Å². The first-order valence-corrected chi connectivity index (χ1v) is 6.72. The fourth-order valence-corrected chi connectivity index (χ4v) is 2.05. The summed E-state index contributed by atoms with van der Waals surface area (Å²) in [6.45, 7) is -0.452. The molecule has 0 radical (unpaired) electrons.